The normalized spacial score (nSPS) is 13.0. The fourth-order valence-electron chi connectivity index (χ4n) is 3.21. The fourth-order valence-corrected chi connectivity index (χ4v) is 3.65. The molecular weight excluding hydrogens is 376 g/mol. The first-order valence-electron chi connectivity index (χ1n) is 9.11. The smallest absolute Gasteiger partial charge is 0.230 e. The Morgan fingerprint density at radius 3 is 2.89 bits per heavy atom. The van der Waals surface area contributed by atoms with Crippen LogP contribution in [0.25, 0.3) is 11.4 Å². The van der Waals surface area contributed by atoms with E-state index in [2.05, 4.69) is 26.3 Å². The van der Waals surface area contributed by atoms with E-state index >= 15 is 0 Å². The molecule has 0 saturated carbocycles. The van der Waals surface area contributed by atoms with Crippen LogP contribution in [0.15, 0.2) is 48.8 Å². The highest BCUT2D eigenvalue weighted by molar-refractivity contribution is 7.72. The van der Waals surface area contributed by atoms with E-state index in [1.807, 2.05) is 36.4 Å². The first-order chi connectivity index (χ1) is 13.7. The van der Waals surface area contributed by atoms with Crippen LogP contribution in [0.5, 0.6) is 5.75 Å². The first kappa shape index (κ1) is 18.4. The lowest BCUT2D eigenvalue weighted by Gasteiger charge is -2.19. The summed E-state index contributed by atoms with van der Waals surface area (Å²) in [7, 11) is -2.38. The molecule has 1 aromatic heterocycles. The maximum absolute atomic E-state index is 10.8. The van der Waals surface area contributed by atoms with E-state index in [1.165, 1.54) is 11.9 Å². The minimum atomic E-state index is -2.38. The number of ether oxygens (including phenoxy) is 1. The molecule has 0 aliphatic carbocycles. The monoisotopic (exact) mass is 396 g/mol. The second kappa shape index (κ2) is 8.35. The van der Waals surface area contributed by atoms with Crippen LogP contribution in [0.3, 0.4) is 0 Å². The van der Waals surface area contributed by atoms with Crippen LogP contribution in [0, 0.1) is 0 Å². The van der Waals surface area contributed by atoms with Gasteiger partial charge < -0.3 is 10.1 Å². The number of hydrogen-bond donors (Lipinski definition) is 2. The number of para-hydroxylation sites is 1. The van der Waals surface area contributed by atoms with Gasteiger partial charge in [0, 0.05) is 5.69 Å². The molecule has 0 amide bonds. The molecule has 8 heteroatoms. The summed E-state index contributed by atoms with van der Waals surface area (Å²) < 4.78 is 27.5. The molecule has 7 nitrogen and oxygen atoms in total. The Balaban J connectivity index is 1.58. The van der Waals surface area contributed by atoms with Gasteiger partial charge >= 0.3 is 0 Å². The van der Waals surface area contributed by atoms with Crippen LogP contribution in [0.4, 0.5) is 11.6 Å². The third kappa shape index (κ3) is 4.28. The molecule has 0 saturated heterocycles. The van der Waals surface area contributed by atoms with E-state index in [0.717, 1.165) is 35.4 Å². The van der Waals surface area contributed by atoms with E-state index in [4.69, 9.17) is 4.74 Å². The molecule has 1 aliphatic rings. The highest BCUT2D eigenvalue weighted by atomic mass is 32.2. The minimum Gasteiger partial charge on any atom is -0.493 e. The third-order valence-corrected chi connectivity index (χ3v) is 5.10. The molecule has 4 rings (SSSR count). The summed E-state index contributed by atoms with van der Waals surface area (Å²) in [5, 5.41) is 3.17. The predicted molar refractivity (Wildman–Crippen MR) is 108 cm³/mol. The molecule has 144 valence electrons. The summed E-state index contributed by atoms with van der Waals surface area (Å²) in [5.41, 5.74) is 3.75. The van der Waals surface area contributed by atoms with Crippen molar-refractivity contribution in [1.82, 2.24) is 15.0 Å². The molecule has 3 aromatic rings. The Hall–Kier alpha value is -3.00. The SMILES string of the molecule is O=[SH](=O)CCc1cccc(Nc2ncnc(-c3cccc4c3OCCC4)n2)c1. The van der Waals surface area contributed by atoms with Crippen LogP contribution in [-0.2, 0) is 23.5 Å². The quantitative estimate of drug-likeness (QED) is 0.619. The van der Waals surface area contributed by atoms with E-state index < -0.39 is 10.7 Å². The van der Waals surface area contributed by atoms with E-state index in [1.54, 1.807) is 0 Å². The van der Waals surface area contributed by atoms with Crippen molar-refractivity contribution in [2.45, 2.75) is 19.3 Å². The van der Waals surface area contributed by atoms with Crippen LogP contribution < -0.4 is 10.1 Å². The van der Waals surface area contributed by atoms with Gasteiger partial charge in [-0.1, -0.05) is 24.3 Å². The molecule has 0 bridgehead atoms. The van der Waals surface area contributed by atoms with Gasteiger partial charge in [-0.15, -0.1) is 0 Å². The summed E-state index contributed by atoms with van der Waals surface area (Å²) in [6, 6.07) is 13.6. The van der Waals surface area contributed by atoms with Crippen molar-refractivity contribution >= 4 is 22.3 Å². The van der Waals surface area contributed by atoms with Gasteiger partial charge in [-0.3, -0.25) is 0 Å². The van der Waals surface area contributed by atoms with Crippen molar-refractivity contribution in [3.8, 4) is 17.1 Å². The Morgan fingerprint density at radius 1 is 1.11 bits per heavy atom. The number of benzene rings is 2. The average molecular weight is 396 g/mol. The summed E-state index contributed by atoms with van der Waals surface area (Å²) in [6.45, 7) is 0.696. The molecule has 2 heterocycles. The number of thiol groups is 1. The second-order valence-corrected chi connectivity index (χ2v) is 7.62. The molecule has 0 radical (unpaired) electrons. The topological polar surface area (TPSA) is 94.1 Å². The standard InChI is InChI=1S/C20H20N4O3S/c25-28(26)11-9-14-4-1-7-16(12-14)23-20-22-13-21-19(24-20)17-8-2-5-15-6-3-10-27-18(15)17/h1-2,4-5,7-8,12-13,28H,3,6,9-11H2,(H,21,22,23,24). The maximum atomic E-state index is 10.8. The molecule has 1 aliphatic heterocycles. The Labute approximate surface area is 164 Å². The zero-order chi connectivity index (χ0) is 19.3. The van der Waals surface area contributed by atoms with Crippen molar-refractivity contribution in [1.29, 1.82) is 0 Å². The molecule has 1 N–H and O–H groups in total. The van der Waals surface area contributed by atoms with E-state index in [-0.39, 0.29) is 5.75 Å². The summed E-state index contributed by atoms with van der Waals surface area (Å²) >= 11 is 0. The van der Waals surface area contributed by atoms with Gasteiger partial charge in [0.1, 0.15) is 22.8 Å². The Morgan fingerprint density at radius 2 is 2.00 bits per heavy atom. The molecule has 2 aromatic carbocycles. The second-order valence-electron chi connectivity index (χ2n) is 6.51. The van der Waals surface area contributed by atoms with Crippen molar-refractivity contribution < 1.29 is 13.2 Å². The van der Waals surface area contributed by atoms with Gasteiger partial charge in [-0.2, -0.15) is 4.98 Å². The van der Waals surface area contributed by atoms with Crippen LogP contribution in [0.2, 0.25) is 0 Å². The van der Waals surface area contributed by atoms with Crippen LogP contribution >= 0.6 is 0 Å². The molecule has 0 fully saturated rings. The highest BCUT2D eigenvalue weighted by Gasteiger charge is 2.17. The number of aryl methyl sites for hydroxylation is 2. The number of anilines is 2. The predicted octanol–water partition coefficient (Wildman–Crippen LogP) is 2.76. The van der Waals surface area contributed by atoms with Crippen molar-refractivity contribution in [3.63, 3.8) is 0 Å². The number of aromatic nitrogens is 3. The van der Waals surface area contributed by atoms with Gasteiger partial charge in [0.2, 0.25) is 5.95 Å². The number of nitrogens with one attached hydrogen (secondary N) is 1. The average Bonchev–Trinajstić information content (AvgIpc) is 2.72. The largest absolute Gasteiger partial charge is 0.493 e. The Bertz CT molecular complexity index is 1060. The highest BCUT2D eigenvalue weighted by Crippen LogP contribution is 2.34. The van der Waals surface area contributed by atoms with Crippen molar-refractivity contribution in [2.24, 2.45) is 0 Å². The molecule has 0 unspecified atom stereocenters. The zero-order valence-corrected chi connectivity index (χ0v) is 16.1. The van der Waals surface area contributed by atoms with Gasteiger partial charge in [0.05, 0.1) is 17.9 Å². The van der Waals surface area contributed by atoms with Crippen molar-refractivity contribution in [2.75, 3.05) is 17.7 Å². The zero-order valence-electron chi connectivity index (χ0n) is 15.2. The van der Waals surface area contributed by atoms with E-state index in [9.17, 15) is 8.42 Å². The van der Waals surface area contributed by atoms with Crippen molar-refractivity contribution in [3.05, 3.63) is 59.9 Å². The van der Waals surface area contributed by atoms with Crippen LogP contribution in [0.1, 0.15) is 17.5 Å². The lowest BCUT2D eigenvalue weighted by molar-refractivity contribution is 0.289. The van der Waals surface area contributed by atoms with Gasteiger partial charge in [-0.25, -0.2) is 18.4 Å². The number of nitrogens with zero attached hydrogens (tertiary/aromatic N) is 3. The summed E-state index contributed by atoms with van der Waals surface area (Å²) in [4.78, 5) is 13.1. The molecule has 0 atom stereocenters. The molecule has 0 spiro atoms. The van der Waals surface area contributed by atoms with Gasteiger partial charge in [0.15, 0.2) is 5.82 Å². The molecular formula is C20H20N4O3S. The van der Waals surface area contributed by atoms with Gasteiger partial charge in [0.25, 0.3) is 0 Å². The Kier molecular flexibility index (Phi) is 5.48. The third-order valence-electron chi connectivity index (χ3n) is 4.51. The van der Waals surface area contributed by atoms with E-state index in [0.29, 0.717) is 24.8 Å². The number of rotatable bonds is 6. The first-order valence-corrected chi connectivity index (χ1v) is 10.5. The molecule has 28 heavy (non-hydrogen) atoms. The minimum absolute atomic E-state index is 0.133. The summed E-state index contributed by atoms with van der Waals surface area (Å²) in [6.07, 6.45) is 3.95. The summed E-state index contributed by atoms with van der Waals surface area (Å²) in [5.74, 6) is 1.95. The lowest BCUT2D eigenvalue weighted by Crippen LogP contribution is -2.10. The van der Waals surface area contributed by atoms with Gasteiger partial charge in [-0.05, 0) is 48.6 Å². The lowest BCUT2D eigenvalue weighted by atomic mass is 10.0. The number of fused-ring (bicyclic) bond motifs is 1. The number of hydrogen-bond acceptors (Lipinski definition) is 7. The fraction of sp³-hybridized carbons (Fsp3) is 0.250. The van der Waals surface area contributed by atoms with Crippen LogP contribution in [-0.4, -0.2) is 35.7 Å². The maximum Gasteiger partial charge on any atom is 0.230 e.